The van der Waals surface area contributed by atoms with Crippen LogP contribution < -0.4 is 5.73 Å². The number of rotatable bonds is 0. The lowest BCUT2D eigenvalue weighted by atomic mass is 10.1. The van der Waals surface area contributed by atoms with Gasteiger partial charge in [-0.15, -0.1) is 9.79 Å². The molecular formula is C4H13NO3P+. The molecule has 0 aliphatic carbocycles. The third kappa shape index (κ3) is 713000. The van der Waals surface area contributed by atoms with Crippen LogP contribution in [-0.4, -0.2) is 15.3 Å². The van der Waals surface area contributed by atoms with Gasteiger partial charge in [-0.05, 0) is 20.8 Å². The monoisotopic (exact) mass is 154 g/mol. The van der Waals surface area contributed by atoms with Gasteiger partial charge in [0.2, 0.25) is 0 Å². The minimum atomic E-state index is -2.87. The lowest BCUT2D eigenvalue weighted by molar-refractivity contribution is 0.405. The van der Waals surface area contributed by atoms with Gasteiger partial charge in [0.15, 0.2) is 0 Å². The molecule has 0 aliphatic rings. The predicted molar refractivity (Wildman–Crippen MR) is 36.0 cm³/mol. The fraction of sp³-hybridized carbons (Fsp3) is 1.00. The van der Waals surface area contributed by atoms with Crippen molar-refractivity contribution in [1.29, 1.82) is 0 Å². The van der Waals surface area contributed by atoms with Crippen LogP contribution in [0.2, 0.25) is 0 Å². The molecule has 0 fully saturated rings. The lowest BCUT2D eigenvalue weighted by Crippen LogP contribution is -2.26. The SMILES string of the molecule is CC(C)(C)N.O=[P+](O)O. The molecule has 4 nitrogen and oxygen atoms in total. The van der Waals surface area contributed by atoms with Gasteiger partial charge in [-0.3, -0.25) is 0 Å². The van der Waals surface area contributed by atoms with Gasteiger partial charge in [-0.2, -0.15) is 0 Å². The Morgan fingerprint density at radius 2 is 1.33 bits per heavy atom. The van der Waals surface area contributed by atoms with Gasteiger partial charge in [-0.25, -0.2) is 0 Å². The molecule has 0 aromatic rings. The van der Waals surface area contributed by atoms with Crippen LogP contribution in [0, 0.1) is 0 Å². The second kappa shape index (κ2) is 4.82. The Morgan fingerprint density at radius 1 is 1.33 bits per heavy atom. The zero-order valence-electron chi connectivity index (χ0n) is 5.83. The lowest BCUT2D eigenvalue weighted by Gasteiger charge is -2.06. The smallest absolute Gasteiger partial charge is 0.326 e. The second-order valence-electron chi connectivity index (χ2n) is 2.62. The van der Waals surface area contributed by atoms with Crippen LogP contribution in [0.1, 0.15) is 20.8 Å². The molecule has 0 atom stereocenters. The molecule has 9 heavy (non-hydrogen) atoms. The first-order chi connectivity index (χ1) is 3.73. The fourth-order valence-corrected chi connectivity index (χ4v) is 0. The summed E-state index contributed by atoms with van der Waals surface area (Å²) in [6.07, 6.45) is 0. The first-order valence-corrected chi connectivity index (χ1v) is 3.54. The van der Waals surface area contributed by atoms with Crippen LogP contribution in [0.3, 0.4) is 0 Å². The molecule has 0 rings (SSSR count). The summed E-state index contributed by atoms with van der Waals surface area (Å²) in [6, 6.07) is 0. The normalized spacial score (nSPS) is 9.56. The van der Waals surface area contributed by atoms with Crippen LogP contribution in [0.15, 0.2) is 0 Å². The topological polar surface area (TPSA) is 83.6 Å². The van der Waals surface area contributed by atoms with Crippen LogP contribution in [0.5, 0.6) is 0 Å². The molecule has 5 heteroatoms. The van der Waals surface area contributed by atoms with Crippen molar-refractivity contribution in [2.24, 2.45) is 5.73 Å². The van der Waals surface area contributed by atoms with E-state index in [2.05, 4.69) is 0 Å². The van der Waals surface area contributed by atoms with Crippen molar-refractivity contribution in [2.45, 2.75) is 26.3 Å². The van der Waals surface area contributed by atoms with Crippen LogP contribution in [-0.2, 0) is 4.57 Å². The fourth-order valence-electron chi connectivity index (χ4n) is 0. The molecule has 0 saturated carbocycles. The second-order valence-corrected chi connectivity index (χ2v) is 3.12. The average molecular weight is 154 g/mol. The third-order valence-corrected chi connectivity index (χ3v) is 0. The molecule has 0 aliphatic heterocycles. The Labute approximate surface area is 55.6 Å². The minimum absolute atomic E-state index is 0. The van der Waals surface area contributed by atoms with Crippen molar-refractivity contribution >= 4 is 8.25 Å². The van der Waals surface area contributed by atoms with Crippen molar-refractivity contribution in [1.82, 2.24) is 0 Å². The number of nitrogens with two attached hydrogens (primary N) is 1. The number of hydrogen-bond acceptors (Lipinski definition) is 2. The van der Waals surface area contributed by atoms with Crippen molar-refractivity contribution in [3.63, 3.8) is 0 Å². The molecule has 0 radical (unpaired) electrons. The van der Waals surface area contributed by atoms with Crippen molar-refractivity contribution in [3.05, 3.63) is 0 Å². The Bertz CT molecular complexity index is 78.3. The summed E-state index contributed by atoms with van der Waals surface area (Å²) in [5.74, 6) is 0. The maximum atomic E-state index is 8.70. The standard InChI is InChI=1S/C4H11N.HO3P/c1-4(2,3)5;1-4(2)3/h5H2,1-3H3;(H-,1,2,3)/p+1. The summed E-state index contributed by atoms with van der Waals surface area (Å²) in [7, 11) is -2.87. The van der Waals surface area contributed by atoms with Crippen LogP contribution in [0.4, 0.5) is 0 Å². The van der Waals surface area contributed by atoms with Crippen molar-refractivity contribution < 1.29 is 14.4 Å². The highest BCUT2D eigenvalue weighted by Gasteiger charge is 1.95. The van der Waals surface area contributed by atoms with Gasteiger partial charge in [0.05, 0.1) is 0 Å². The molecule has 4 N–H and O–H groups in total. The zero-order valence-corrected chi connectivity index (χ0v) is 6.72. The molecule has 0 bridgehead atoms. The van der Waals surface area contributed by atoms with Crippen molar-refractivity contribution in [3.8, 4) is 0 Å². The molecular weight excluding hydrogens is 141 g/mol. The van der Waals surface area contributed by atoms with Crippen LogP contribution in [0.25, 0.3) is 0 Å². The van der Waals surface area contributed by atoms with Crippen molar-refractivity contribution in [2.75, 3.05) is 0 Å². The Kier molecular flexibility index (Phi) is 6.29. The summed E-state index contributed by atoms with van der Waals surface area (Å²) in [5, 5.41) is 0. The average Bonchev–Trinajstić information content (AvgIpc) is 1.19. The van der Waals surface area contributed by atoms with E-state index < -0.39 is 8.25 Å². The third-order valence-electron chi connectivity index (χ3n) is 0. The van der Waals surface area contributed by atoms with E-state index in [1.54, 1.807) is 0 Å². The summed E-state index contributed by atoms with van der Waals surface area (Å²) in [5.41, 5.74) is 5.35. The highest BCUT2D eigenvalue weighted by Crippen LogP contribution is 1.98. The van der Waals surface area contributed by atoms with Crippen LogP contribution >= 0.6 is 8.25 Å². The van der Waals surface area contributed by atoms with Gasteiger partial charge in [0.1, 0.15) is 0 Å². The highest BCUT2D eigenvalue weighted by atomic mass is 31.1. The van der Waals surface area contributed by atoms with E-state index in [0.29, 0.717) is 0 Å². The van der Waals surface area contributed by atoms with E-state index in [1.807, 2.05) is 20.8 Å². The van der Waals surface area contributed by atoms with E-state index >= 15 is 0 Å². The largest absolute Gasteiger partial charge is 0.692 e. The predicted octanol–water partition coefficient (Wildman–Crippen LogP) is 0.372. The summed E-state index contributed by atoms with van der Waals surface area (Å²) in [6.45, 7) is 5.90. The zero-order chi connectivity index (χ0) is 8.08. The minimum Gasteiger partial charge on any atom is -0.326 e. The number of hydrogen-bond donors (Lipinski definition) is 3. The first kappa shape index (κ1) is 11.7. The van der Waals surface area contributed by atoms with E-state index in [4.69, 9.17) is 20.1 Å². The molecule has 0 saturated heterocycles. The molecule has 0 aromatic carbocycles. The molecule has 0 amide bonds. The van der Waals surface area contributed by atoms with Gasteiger partial charge in [-0.1, -0.05) is 0 Å². The first-order valence-electron chi connectivity index (χ1n) is 2.37. The molecule has 0 spiro atoms. The highest BCUT2D eigenvalue weighted by molar-refractivity contribution is 7.30. The summed E-state index contributed by atoms with van der Waals surface area (Å²) >= 11 is 0. The van der Waals surface area contributed by atoms with Gasteiger partial charge < -0.3 is 5.73 Å². The molecule has 0 heterocycles. The summed E-state index contributed by atoms with van der Waals surface area (Å²) in [4.78, 5) is 14.2. The van der Waals surface area contributed by atoms with Gasteiger partial charge >= 0.3 is 8.25 Å². The molecule has 0 unspecified atom stereocenters. The van der Waals surface area contributed by atoms with E-state index in [-0.39, 0.29) is 5.54 Å². The van der Waals surface area contributed by atoms with Gasteiger partial charge in [0, 0.05) is 10.1 Å². The molecule has 0 aromatic heterocycles. The Hall–Kier alpha value is -0.0200. The summed E-state index contributed by atoms with van der Waals surface area (Å²) < 4.78 is 8.70. The maximum Gasteiger partial charge on any atom is 0.692 e. The quantitative estimate of drug-likeness (QED) is 0.440. The van der Waals surface area contributed by atoms with Gasteiger partial charge in [0.25, 0.3) is 0 Å². The van der Waals surface area contributed by atoms with E-state index in [0.717, 1.165) is 0 Å². The maximum absolute atomic E-state index is 8.70. The molecule has 56 valence electrons. The Balaban J connectivity index is 0. The van der Waals surface area contributed by atoms with E-state index in [1.165, 1.54) is 0 Å². The Morgan fingerprint density at radius 3 is 1.33 bits per heavy atom. The van der Waals surface area contributed by atoms with E-state index in [9.17, 15) is 0 Å².